The van der Waals surface area contributed by atoms with Crippen LogP contribution in [0, 0.1) is 5.41 Å². The van der Waals surface area contributed by atoms with Crippen LogP contribution in [0.15, 0.2) is 0 Å². The van der Waals surface area contributed by atoms with Crippen molar-refractivity contribution in [1.82, 2.24) is 0 Å². The quantitative estimate of drug-likeness (QED) is 0.257. The van der Waals surface area contributed by atoms with Crippen molar-refractivity contribution in [2.45, 2.75) is 34.1 Å². The molecule has 0 aromatic heterocycles. The first-order chi connectivity index (χ1) is 7.20. The second kappa shape index (κ2) is 5.63. The van der Waals surface area contributed by atoms with E-state index in [9.17, 15) is 14.8 Å². The predicted molar refractivity (Wildman–Crippen MR) is 58.7 cm³/mol. The second-order valence-electron chi connectivity index (χ2n) is 4.54. The summed E-state index contributed by atoms with van der Waals surface area (Å²) in [7, 11) is 1.29. The van der Waals surface area contributed by atoms with Crippen molar-refractivity contribution in [1.29, 1.82) is 0 Å². The highest BCUT2D eigenvalue weighted by Gasteiger charge is 2.31. The lowest BCUT2D eigenvalue weighted by molar-refractivity contribution is -0.754. The molecular formula is C11H20NO4+. The van der Waals surface area contributed by atoms with E-state index in [1.165, 1.54) is 7.05 Å². The highest BCUT2D eigenvalue weighted by Crippen LogP contribution is 2.17. The van der Waals surface area contributed by atoms with E-state index >= 15 is 0 Å². The van der Waals surface area contributed by atoms with Crippen LogP contribution in [-0.4, -0.2) is 41.1 Å². The molecule has 0 saturated carbocycles. The van der Waals surface area contributed by atoms with E-state index in [0.29, 0.717) is 4.74 Å². The van der Waals surface area contributed by atoms with E-state index in [2.05, 4.69) is 0 Å². The van der Waals surface area contributed by atoms with Crippen LogP contribution in [0.25, 0.3) is 0 Å². The molecule has 0 amide bonds. The number of hydroxylamine groups is 1. The summed E-state index contributed by atoms with van der Waals surface area (Å²) in [4.78, 5) is 23.2. The molecule has 0 rings (SSSR count). The maximum Gasteiger partial charge on any atom is 0.403 e. The van der Waals surface area contributed by atoms with Gasteiger partial charge in [-0.25, -0.2) is 4.79 Å². The Bertz CT molecular complexity index is 308. The number of esters is 1. The number of nitrogens with zero attached hydrogens (tertiary/aromatic N) is 1. The predicted octanol–water partition coefficient (Wildman–Crippen LogP) is 1.03. The average Bonchev–Trinajstić information content (AvgIpc) is 2.11. The molecule has 0 saturated heterocycles. The van der Waals surface area contributed by atoms with Crippen molar-refractivity contribution >= 4 is 17.5 Å². The summed E-state index contributed by atoms with van der Waals surface area (Å²) in [5.41, 5.74) is -0.588. The minimum Gasteiger partial charge on any atom is -0.458 e. The molecule has 0 atom stereocenters. The molecule has 0 aliphatic carbocycles. The fourth-order valence-electron chi connectivity index (χ4n) is 0.950. The fraction of sp³-hybridized carbons (Fsp3) is 0.727. The van der Waals surface area contributed by atoms with E-state index in [-0.39, 0.29) is 24.5 Å². The van der Waals surface area contributed by atoms with E-state index in [1.807, 2.05) is 0 Å². The van der Waals surface area contributed by atoms with Gasteiger partial charge in [0, 0.05) is 5.41 Å². The van der Waals surface area contributed by atoms with Crippen molar-refractivity contribution in [3.63, 3.8) is 0 Å². The van der Waals surface area contributed by atoms with Crippen LogP contribution >= 0.6 is 0 Å². The van der Waals surface area contributed by atoms with Crippen LogP contribution in [0.1, 0.15) is 34.1 Å². The summed E-state index contributed by atoms with van der Waals surface area (Å²) >= 11 is 0. The summed E-state index contributed by atoms with van der Waals surface area (Å²) < 4.78 is 5.39. The van der Waals surface area contributed by atoms with Gasteiger partial charge in [-0.15, -0.1) is 0 Å². The van der Waals surface area contributed by atoms with Gasteiger partial charge in [0.2, 0.25) is 0 Å². The van der Waals surface area contributed by atoms with E-state index < -0.39 is 11.4 Å². The molecule has 5 heteroatoms. The first-order valence-corrected chi connectivity index (χ1v) is 5.19. The molecule has 16 heavy (non-hydrogen) atoms. The molecule has 0 aromatic carbocycles. The SMILES string of the molecule is CCOC(=O)C(CC(=O)C(C)(C)C)=[N+](C)O. The van der Waals surface area contributed by atoms with Gasteiger partial charge >= 0.3 is 11.7 Å². The van der Waals surface area contributed by atoms with Crippen LogP contribution < -0.4 is 0 Å². The molecule has 1 N–H and O–H groups in total. The molecule has 0 radical (unpaired) electrons. The Kier molecular flexibility index (Phi) is 5.14. The summed E-state index contributed by atoms with van der Waals surface area (Å²) in [5, 5.41) is 9.27. The van der Waals surface area contributed by atoms with Gasteiger partial charge in [0.25, 0.3) is 0 Å². The van der Waals surface area contributed by atoms with Crippen LogP contribution in [0.2, 0.25) is 0 Å². The Morgan fingerprint density at radius 2 is 1.81 bits per heavy atom. The van der Waals surface area contributed by atoms with Crippen LogP contribution in [0.4, 0.5) is 0 Å². The third-order valence-corrected chi connectivity index (χ3v) is 2.07. The molecule has 0 bridgehead atoms. The zero-order valence-electron chi connectivity index (χ0n) is 10.5. The average molecular weight is 230 g/mol. The minimum atomic E-state index is -0.662. The standard InChI is InChI=1S/C11H20NO4/c1-6-16-10(14)8(12(5)15)7-9(13)11(2,3)4/h15H,6-7H2,1-5H3/q+1. The van der Waals surface area contributed by atoms with Gasteiger partial charge < -0.3 is 4.74 Å². The number of rotatable bonds is 4. The maximum absolute atomic E-state index is 11.7. The zero-order valence-corrected chi connectivity index (χ0v) is 10.5. The van der Waals surface area contributed by atoms with Crippen LogP contribution in [0.3, 0.4) is 0 Å². The topological polar surface area (TPSA) is 66.6 Å². The zero-order chi connectivity index (χ0) is 12.9. The number of carbonyl (C=O) groups is 2. The summed E-state index contributed by atoms with van der Waals surface area (Å²) in [6.45, 7) is 7.15. The number of hydrogen-bond donors (Lipinski definition) is 1. The van der Waals surface area contributed by atoms with Crippen molar-refractivity contribution < 1.29 is 24.3 Å². The molecule has 0 unspecified atom stereocenters. The molecule has 92 valence electrons. The van der Waals surface area contributed by atoms with Crippen molar-refractivity contribution in [3.8, 4) is 0 Å². The maximum atomic E-state index is 11.7. The van der Waals surface area contributed by atoms with Gasteiger partial charge in [0.15, 0.2) is 7.05 Å². The van der Waals surface area contributed by atoms with E-state index in [4.69, 9.17) is 4.74 Å². The van der Waals surface area contributed by atoms with E-state index in [1.54, 1.807) is 27.7 Å². The molecular weight excluding hydrogens is 210 g/mol. The number of ketones is 1. The number of carbonyl (C=O) groups excluding carboxylic acids is 2. The lowest BCUT2D eigenvalue weighted by Gasteiger charge is -2.15. The lowest BCUT2D eigenvalue weighted by atomic mass is 9.88. The Balaban J connectivity index is 4.82. The molecule has 5 nitrogen and oxygen atoms in total. The first-order valence-electron chi connectivity index (χ1n) is 5.19. The minimum absolute atomic E-state index is 0.0400. The summed E-state index contributed by atoms with van der Waals surface area (Å²) in [6.07, 6.45) is -0.130. The fourth-order valence-corrected chi connectivity index (χ4v) is 0.950. The highest BCUT2D eigenvalue weighted by molar-refractivity contribution is 6.37. The van der Waals surface area contributed by atoms with E-state index in [0.717, 1.165) is 0 Å². The molecule has 0 aromatic rings. The molecule has 0 spiro atoms. The number of hydrogen-bond acceptors (Lipinski definition) is 4. The molecule has 0 aliphatic rings. The van der Waals surface area contributed by atoms with Gasteiger partial charge in [-0.2, -0.15) is 0 Å². The Labute approximate surface area is 95.7 Å². The Hall–Kier alpha value is -1.39. The normalized spacial score (nSPS) is 13.1. The number of ether oxygens (including phenoxy) is 1. The largest absolute Gasteiger partial charge is 0.458 e. The summed E-state index contributed by atoms with van der Waals surface area (Å²) in [6, 6.07) is 0. The molecule has 0 heterocycles. The van der Waals surface area contributed by atoms with Crippen LogP contribution in [-0.2, 0) is 14.3 Å². The highest BCUT2D eigenvalue weighted by atomic mass is 16.5. The summed E-state index contributed by atoms with van der Waals surface area (Å²) in [5.74, 6) is -0.790. The lowest BCUT2D eigenvalue weighted by Crippen LogP contribution is -2.32. The van der Waals surface area contributed by atoms with Gasteiger partial charge in [-0.1, -0.05) is 20.8 Å². The van der Waals surface area contributed by atoms with Gasteiger partial charge in [0.1, 0.15) is 12.2 Å². The van der Waals surface area contributed by atoms with Crippen molar-refractivity contribution in [2.24, 2.45) is 5.41 Å². The third kappa shape index (κ3) is 4.42. The monoisotopic (exact) mass is 230 g/mol. The second-order valence-corrected chi connectivity index (χ2v) is 4.54. The van der Waals surface area contributed by atoms with Gasteiger partial charge in [0.05, 0.1) is 6.61 Å². The molecule has 0 aliphatic heterocycles. The Morgan fingerprint density at radius 3 is 2.12 bits per heavy atom. The van der Waals surface area contributed by atoms with Gasteiger partial charge in [-0.05, 0) is 11.7 Å². The number of Topliss-reactive ketones (excluding diaryl/α,β-unsaturated/α-hetero) is 1. The van der Waals surface area contributed by atoms with Crippen LogP contribution in [0.5, 0.6) is 0 Å². The van der Waals surface area contributed by atoms with Crippen molar-refractivity contribution in [3.05, 3.63) is 0 Å². The smallest absolute Gasteiger partial charge is 0.403 e. The third-order valence-electron chi connectivity index (χ3n) is 2.07. The Morgan fingerprint density at radius 1 is 1.31 bits per heavy atom. The van der Waals surface area contributed by atoms with Crippen molar-refractivity contribution in [2.75, 3.05) is 13.7 Å². The molecule has 0 fully saturated rings. The van der Waals surface area contributed by atoms with Gasteiger partial charge in [-0.3, -0.25) is 10.0 Å². The first kappa shape index (κ1) is 14.6.